The molecule has 5 rings (SSSR count). The van der Waals surface area contributed by atoms with Gasteiger partial charge in [-0.1, -0.05) is 22.0 Å². The van der Waals surface area contributed by atoms with Crippen LogP contribution in [0.4, 0.5) is 0 Å². The van der Waals surface area contributed by atoms with Crippen LogP contribution in [0.5, 0.6) is 17.2 Å². The molecule has 2 aliphatic heterocycles. The van der Waals surface area contributed by atoms with Gasteiger partial charge in [0, 0.05) is 22.0 Å². The molecule has 0 bridgehead atoms. The molecule has 2 atom stereocenters. The number of hydrazone groups is 1. The van der Waals surface area contributed by atoms with Crippen LogP contribution in [-0.2, 0) is 0 Å². The zero-order chi connectivity index (χ0) is 22.4. The lowest BCUT2D eigenvalue weighted by atomic mass is 9.96. The van der Waals surface area contributed by atoms with E-state index in [0.29, 0.717) is 23.5 Å². The Bertz CT molecular complexity index is 1230. The first-order valence-electron chi connectivity index (χ1n) is 9.85. The topological polar surface area (TPSA) is 80.6 Å². The van der Waals surface area contributed by atoms with Crippen molar-refractivity contribution < 1.29 is 24.1 Å². The molecular formula is C23H19BrN2O5S. The Kier molecular flexibility index (Phi) is 5.30. The van der Waals surface area contributed by atoms with Crippen LogP contribution in [0.2, 0.25) is 0 Å². The maximum atomic E-state index is 12.3. The fraction of sp³-hybridized carbons (Fsp3) is 0.217. The van der Waals surface area contributed by atoms with Crippen molar-refractivity contribution in [3.05, 3.63) is 73.9 Å². The highest BCUT2D eigenvalue weighted by Crippen LogP contribution is 2.50. The quantitative estimate of drug-likeness (QED) is 0.486. The summed E-state index contributed by atoms with van der Waals surface area (Å²) >= 11 is 5.18. The van der Waals surface area contributed by atoms with Crippen molar-refractivity contribution in [1.82, 2.24) is 5.01 Å². The molecule has 0 saturated heterocycles. The number of carboxylic acids is 1. The summed E-state index contributed by atoms with van der Waals surface area (Å²) in [4.78, 5) is 13.4. The Hall–Kier alpha value is -3.04. The number of benzene rings is 2. The van der Waals surface area contributed by atoms with E-state index in [2.05, 4.69) is 15.9 Å². The van der Waals surface area contributed by atoms with Crippen molar-refractivity contribution in [2.45, 2.75) is 18.7 Å². The van der Waals surface area contributed by atoms with Crippen LogP contribution in [0.15, 0.2) is 57.4 Å². The van der Waals surface area contributed by atoms with Gasteiger partial charge in [0.1, 0.15) is 11.3 Å². The molecule has 2 aromatic carbocycles. The van der Waals surface area contributed by atoms with Crippen LogP contribution in [-0.4, -0.2) is 36.0 Å². The van der Waals surface area contributed by atoms with E-state index in [-0.39, 0.29) is 17.4 Å². The van der Waals surface area contributed by atoms with E-state index in [1.54, 1.807) is 23.5 Å². The lowest BCUT2D eigenvalue weighted by Crippen LogP contribution is -2.34. The number of methoxy groups -OCH3 is 2. The summed E-state index contributed by atoms with van der Waals surface area (Å²) < 4.78 is 18.0. The molecule has 0 fully saturated rings. The number of rotatable bonds is 5. The molecule has 0 saturated carbocycles. The molecule has 0 aliphatic carbocycles. The van der Waals surface area contributed by atoms with Gasteiger partial charge in [0.2, 0.25) is 6.23 Å². The molecule has 2 aliphatic rings. The SMILES string of the molecule is COc1ccc([C@@H]2Oc3ccc(Br)cc3[C@@H]3CC(c4cccs4)=NN32)c(C(=O)O)c1OC. The summed E-state index contributed by atoms with van der Waals surface area (Å²) in [7, 11) is 2.90. The van der Waals surface area contributed by atoms with Crippen molar-refractivity contribution in [1.29, 1.82) is 0 Å². The van der Waals surface area contributed by atoms with Crippen LogP contribution in [0.3, 0.4) is 0 Å². The normalized spacial score (nSPS) is 19.0. The van der Waals surface area contributed by atoms with E-state index in [9.17, 15) is 9.90 Å². The number of carboxylic acid groups (broad SMARTS) is 1. The molecule has 1 aromatic heterocycles. The first kappa shape index (κ1) is 20.8. The molecule has 0 spiro atoms. The predicted molar refractivity (Wildman–Crippen MR) is 124 cm³/mol. The predicted octanol–water partition coefficient (Wildman–Crippen LogP) is 5.47. The molecule has 0 unspecified atom stereocenters. The van der Waals surface area contributed by atoms with Crippen LogP contribution in [0.1, 0.15) is 45.1 Å². The molecule has 0 radical (unpaired) electrons. The zero-order valence-electron chi connectivity index (χ0n) is 17.2. The molecule has 3 heterocycles. The molecule has 164 valence electrons. The third kappa shape index (κ3) is 3.32. The Morgan fingerprint density at radius 3 is 2.75 bits per heavy atom. The molecule has 7 nitrogen and oxygen atoms in total. The molecule has 9 heteroatoms. The maximum Gasteiger partial charge on any atom is 0.340 e. The van der Waals surface area contributed by atoms with Crippen LogP contribution in [0, 0.1) is 0 Å². The second kappa shape index (κ2) is 8.14. The van der Waals surface area contributed by atoms with Crippen molar-refractivity contribution in [2.24, 2.45) is 5.10 Å². The van der Waals surface area contributed by atoms with Gasteiger partial charge in [-0.3, -0.25) is 0 Å². The average Bonchev–Trinajstić information content (AvgIpc) is 3.47. The third-order valence-electron chi connectivity index (χ3n) is 5.62. The van der Waals surface area contributed by atoms with E-state index in [0.717, 1.165) is 20.6 Å². The monoisotopic (exact) mass is 514 g/mol. The summed E-state index contributed by atoms with van der Waals surface area (Å²) in [5.74, 6) is 0.0720. The van der Waals surface area contributed by atoms with E-state index in [1.807, 2.05) is 40.7 Å². The summed E-state index contributed by atoms with van der Waals surface area (Å²) in [5.41, 5.74) is 2.40. The molecule has 1 N–H and O–H groups in total. The minimum absolute atomic E-state index is 0.00376. The third-order valence-corrected chi connectivity index (χ3v) is 7.03. The number of nitrogens with zero attached hydrogens (tertiary/aromatic N) is 2. The summed E-state index contributed by atoms with van der Waals surface area (Å²) in [5, 5.41) is 18.8. The standard InChI is InChI=1S/C23H19BrN2O5S/c1-29-18-8-6-13(20(23(27)28)21(18)30-2)22-26-16(11-15(25-26)19-4-3-9-32-19)14-10-12(24)5-7-17(14)31-22/h3-10,16,22H,11H2,1-2H3,(H,27,28)/t16-,22-/m0/s1. The van der Waals surface area contributed by atoms with Gasteiger partial charge >= 0.3 is 5.97 Å². The van der Waals surface area contributed by atoms with Gasteiger partial charge in [-0.05, 0) is 41.8 Å². The maximum absolute atomic E-state index is 12.3. The lowest BCUT2D eigenvalue weighted by Gasteiger charge is -2.38. The molecule has 3 aromatic rings. The number of ether oxygens (including phenoxy) is 3. The average molecular weight is 515 g/mol. The van der Waals surface area contributed by atoms with Gasteiger partial charge in [0.25, 0.3) is 0 Å². The van der Waals surface area contributed by atoms with Crippen LogP contribution < -0.4 is 14.2 Å². The lowest BCUT2D eigenvalue weighted by molar-refractivity contribution is -0.0199. The second-order valence-electron chi connectivity index (χ2n) is 7.35. The number of halogens is 1. The Balaban J connectivity index is 1.69. The highest BCUT2D eigenvalue weighted by Gasteiger charge is 2.43. The van der Waals surface area contributed by atoms with Crippen molar-refractivity contribution in [3.63, 3.8) is 0 Å². The van der Waals surface area contributed by atoms with Crippen LogP contribution in [0.25, 0.3) is 0 Å². The molecule has 32 heavy (non-hydrogen) atoms. The zero-order valence-corrected chi connectivity index (χ0v) is 19.6. The molecule has 0 amide bonds. The van der Waals surface area contributed by atoms with Crippen molar-refractivity contribution >= 4 is 38.9 Å². The summed E-state index contributed by atoms with van der Waals surface area (Å²) in [6, 6.07) is 13.2. The van der Waals surface area contributed by atoms with Gasteiger partial charge in [0.05, 0.1) is 30.9 Å². The summed E-state index contributed by atoms with van der Waals surface area (Å²) in [6.07, 6.45) is -0.0449. The fourth-order valence-electron chi connectivity index (χ4n) is 4.22. The van der Waals surface area contributed by atoms with Gasteiger partial charge < -0.3 is 19.3 Å². The number of hydrogen-bond donors (Lipinski definition) is 1. The van der Waals surface area contributed by atoms with Crippen molar-refractivity contribution in [3.8, 4) is 17.2 Å². The van der Waals surface area contributed by atoms with Crippen LogP contribution >= 0.6 is 27.3 Å². The van der Waals surface area contributed by atoms with Gasteiger partial charge in [-0.25, -0.2) is 9.80 Å². The highest BCUT2D eigenvalue weighted by atomic mass is 79.9. The Morgan fingerprint density at radius 2 is 2.06 bits per heavy atom. The first-order valence-corrected chi connectivity index (χ1v) is 11.5. The molecular weight excluding hydrogens is 496 g/mol. The number of carbonyl (C=O) groups is 1. The Morgan fingerprint density at radius 1 is 1.22 bits per heavy atom. The Labute approximate surface area is 197 Å². The number of fused-ring (bicyclic) bond motifs is 3. The van der Waals surface area contributed by atoms with Gasteiger partial charge in [0.15, 0.2) is 11.5 Å². The number of aromatic carboxylic acids is 1. The first-order chi connectivity index (χ1) is 15.5. The minimum atomic E-state index is -1.13. The number of hydrogen-bond acceptors (Lipinski definition) is 7. The van der Waals surface area contributed by atoms with E-state index in [4.69, 9.17) is 19.3 Å². The minimum Gasteiger partial charge on any atom is -0.493 e. The van der Waals surface area contributed by atoms with Crippen molar-refractivity contribution in [2.75, 3.05) is 14.2 Å². The van der Waals surface area contributed by atoms with E-state index < -0.39 is 12.2 Å². The fourth-order valence-corrected chi connectivity index (χ4v) is 5.32. The van der Waals surface area contributed by atoms with Gasteiger partial charge in [-0.15, -0.1) is 11.3 Å². The highest BCUT2D eigenvalue weighted by molar-refractivity contribution is 9.10. The van der Waals surface area contributed by atoms with E-state index >= 15 is 0 Å². The second-order valence-corrected chi connectivity index (χ2v) is 9.21. The largest absolute Gasteiger partial charge is 0.493 e. The van der Waals surface area contributed by atoms with E-state index in [1.165, 1.54) is 14.2 Å². The summed E-state index contributed by atoms with van der Waals surface area (Å²) in [6.45, 7) is 0. The van der Waals surface area contributed by atoms with Gasteiger partial charge in [-0.2, -0.15) is 5.10 Å². The smallest absolute Gasteiger partial charge is 0.340 e. The number of thiophene rings is 1.